The smallest absolute Gasteiger partial charge is 0.416 e. The van der Waals surface area contributed by atoms with Crippen LogP contribution in [0.3, 0.4) is 0 Å². The fraction of sp³-hybridized carbons (Fsp3) is 0.385. The number of hydrogen-bond donors (Lipinski definition) is 0. The van der Waals surface area contributed by atoms with Crippen molar-refractivity contribution in [1.82, 2.24) is 4.98 Å². The number of alkyl halides is 3. The van der Waals surface area contributed by atoms with Crippen LogP contribution in [0, 0.1) is 19.7 Å². The molecule has 0 spiro atoms. The highest BCUT2D eigenvalue weighted by Gasteiger charge is 2.33. The van der Waals surface area contributed by atoms with Gasteiger partial charge < -0.3 is 14.2 Å². The van der Waals surface area contributed by atoms with E-state index in [0.29, 0.717) is 28.1 Å². The molecule has 5 nitrogen and oxygen atoms in total. The van der Waals surface area contributed by atoms with Crippen LogP contribution in [-0.4, -0.2) is 23.2 Å². The Kier molecular flexibility index (Phi) is 7.97. The molecule has 1 aromatic heterocycles. The quantitative estimate of drug-likeness (QED) is 0.226. The summed E-state index contributed by atoms with van der Waals surface area (Å²) in [4.78, 5) is 17.2. The van der Waals surface area contributed by atoms with Gasteiger partial charge in [-0.1, -0.05) is 0 Å². The number of aromatic nitrogens is 1. The van der Waals surface area contributed by atoms with E-state index >= 15 is 0 Å². The van der Waals surface area contributed by atoms with E-state index in [2.05, 4.69) is 4.98 Å². The van der Waals surface area contributed by atoms with Crippen LogP contribution in [0.2, 0.25) is 0 Å². The molecule has 0 aliphatic carbocycles. The van der Waals surface area contributed by atoms with E-state index in [1.54, 1.807) is 52.8 Å². The van der Waals surface area contributed by atoms with Crippen molar-refractivity contribution in [3.63, 3.8) is 0 Å². The molecule has 1 heterocycles. The molecule has 1 unspecified atom stereocenters. The maximum atomic E-state index is 14.4. The molecule has 0 radical (unpaired) electrons. The van der Waals surface area contributed by atoms with Gasteiger partial charge in [0, 0.05) is 5.56 Å². The lowest BCUT2D eigenvalue weighted by atomic mass is 10.1. The molecule has 10 heteroatoms. The molecular formula is C26H27F4NO4S. The minimum Gasteiger partial charge on any atom is -0.485 e. The van der Waals surface area contributed by atoms with Crippen LogP contribution in [0.5, 0.6) is 11.5 Å². The minimum atomic E-state index is -4.63. The van der Waals surface area contributed by atoms with E-state index in [9.17, 15) is 22.4 Å². The first-order valence-corrected chi connectivity index (χ1v) is 12.0. The van der Waals surface area contributed by atoms with Crippen LogP contribution in [0.25, 0.3) is 10.6 Å². The molecule has 0 fully saturated rings. The first kappa shape index (κ1) is 27.4. The first-order chi connectivity index (χ1) is 16.7. The highest BCUT2D eigenvalue weighted by atomic mass is 32.1. The van der Waals surface area contributed by atoms with Crippen molar-refractivity contribution >= 4 is 17.3 Å². The summed E-state index contributed by atoms with van der Waals surface area (Å²) in [6.07, 6.45) is -5.09. The third kappa shape index (κ3) is 6.16. The summed E-state index contributed by atoms with van der Waals surface area (Å²) in [6, 6.07) is 7.56. The van der Waals surface area contributed by atoms with Crippen LogP contribution >= 0.6 is 11.3 Å². The van der Waals surface area contributed by atoms with E-state index < -0.39 is 35.2 Å². The minimum absolute atomic E-state index is 0.00360. The fourth-order valence-electron chi connectivity index (χ4n) is 3.45. The van der Waals surface area contributed by atoms with Gasteiger partial charge in [0.05, 0.1) is 22.7 Å². The average Bonchev–Trinajstić information content (AvgIpc) is 3.16. The predicted molar refractivity (Wildman–Crippen MR) is 129 cm³/mol. The number of hydrogen-bond acceptors (Lipinski definition) is 6. The van der Waals surface area contributed by atoms with Gasteiger partial charge in [-0.15, -0.1) is 11.3 Å². The summed E-state index contributed by atoms with van der Waals surface area (Å²) in [6.45, 7) is 10.6. The Labute approximate surface area is 211 Å². The van der Waals surface area contributed by atoms with Gasteiger partial charge in [-0.25, -0.2) is 14.2 Å². The number of carbonyl (C=O) groups is 1. The molecule has 0 saturated carbocycles. The second-order valence-electron chi connectivity index (χ2n) is 8.68. The van der Waals surface area contributed by atoms with Crippen LogP contribution in [0.1, 0.15) is 55.5 Å². The SMILES string of the molecule is CCOC(=O)C(C)(C)Oc1ccc(OC(C)c2sc(-c3ccc(C(F)(F)F)cc3F)nc2C)cc1C. The first-order valence-electron chi connectivity index (χ1n) is 11.2. The molecule has 1 atom stereocenters. The van der Waals surface area contributed by atoms with Gasteiger partial charge in [0.15, 0.2) is 5.60 Å². The fourth-order valence-corrected chi connectivity index (χ4v) is 4.53. The summed E-state index contributed by atoms with van der Waals surface area (Å²) < 4.78 is 70.0. The average molecular weight is 526 g/mol. The Morgan fingerprint density at radius 2 is 1.81 bits per heavy atom. The third-order valence-electron chi connectivity index (χ3n) is 5.32. The zero-order chi connectivity index (χ0) is 26.8. The molecule has 3 rings (SSSR count). The highest BCUT2D eigenvalue weighted by Crippen LogP contribution is 2.38. The highest BCUT2D eigenvalue weighted by molar-refractivity contribution is 7.15. The number of nitrogens with zero attached hydrogens (tertiary/aromatic N) is 1. The largest absolute Gasteiger partial charge is 0.485 e. The molecule has 2 aromatic carbocycles. The van der Waals surface area contributed by atoms with Crippen molar-refractivity contribution in [2.75, 3.05) is 6.61 Å². The normalized spacial score (nSPS) is 12.8. The Morgan fingerprint density at radius 3 is 2.39 bits per heavy atom. The van der Waals surface area contributed by atoms with Gasteiger partial charge in [-0.2, -0.15) is 13.2 Å². The summed E-state index contributed by atoms with van der Waals surface area (Å²) in [7, 11) is 0. The van der Waals surface area contributed by atoms with Crippen LogP contribution < -0.4 is 9.47 Å². The predicted octanol–water partition coefficient (Wildman–Crippen LogP) is 7.45. The van der Waals surface area contributed by atoms with E-state index in [4.69, 9.17) is 14.2 Å². The van der Waals surface area contributed by atoms with Gasteiger partial charge in [-0.05, 0) is 83.5 Å². The van der Waals surface area contributed by atoms with E-state index in [-0.39, 0.29) is 17.2 Å². The van der Waals surface area contributed by atoms with E-state index in [0.717, 1.165) is 29.0 Å². The molecule has 0 amide bonds. The lowest BCUT2D eigenvalue weighted by Crippen LogP contribution is -2.39. The molecule has 0 saturated heterocycles. The van der Waals surface area contributed by atoms with Gasteiger partial charge in [0.1, 0.15) is 28.4 Å². The molecule has 3 aromatic rings. The van der Waals surface area contributed by atoms with Gasteiger partial charge in [0.25, 0.3) is 0 Å². The number of halogens is 4. The standard InChI is InChI=1S/C26H27F4NO4S/c1-7-33-24(32)25(5,6)35-21-11-9-18(12-14(21)2)34-16(4)22-15(3)31-23(36-22)19-10-8-17(13-20(19)27)26(28,29)30/h8-13,16H,7H2,1-6H3. The number of esters is 1. The topological polar surface area (TPSA) is 57.7 Å². The zero-order valence-electron chi connectivity index (χ0n) is 20.7. The van der Waals surface area contributed by atoms with Crippen molar-refractivity contribution in [2.24, 2.45) is 0 Å². The lowest BCUT2D eigenvalue weighted by molar-refractivity contribution is -0.158. The molecular weight excluding hydrogens is 498 g/mol. The third-order valence-corrected chi connectivity index (χ3v) is 6.67. The van der Waals surface area contributed by atoms with Gasteiger partial charge >= 0.3 is 12.1 Å². The maximum Gasteiger partial charge on any atom is 0.416 e. The van der Waals surface area contributed by atoms with Gasteiger partial charge in [0.2, 0.25) is 0 Å². The lowest BCUT2D eigenvalue weighted by Gasteiger charge is -2.25. The summed E-state index contributed by atoms with van der Waals surface area (Å²) in [5.41, 5.74) is -0.890. The second kappa shape index (κ2) is 10.5. The number of ether oxygens (including phenoxy) is 3. The van der Waals surface area contributed by atoms with Crippen molar-refractivity contribution in [2.45, 2.75) is 59.4 Å². The van der Waals surface area contributed by atoms with Crippen molar-refractivity contribution in [3.8, 4) is 22.1 Å². The second-order valence-corrected chi connectivity index (χ2v) is 9.71. The molecule has 0 bridgehead atoms. The Hall–Kier alpha value is -3.14. The Bertz CT molecular complexity index is 1250. The van der Waals surface area contributed by atoms with E-state index in [1.165, 1.54) is 0 Å². The molecule has 0 aliphatic heterocycles. The molecule has 0 N–H and O–H groups in total. The number of carbonyl (C=O) groups excluding carboxylic acids is 1. The summed E-state index contributed by atoms with van der Waals surface area (Å²) in [5, 5.41) is 0.269. The molecule has 194 valence electrons. The summed E-state index contributed by atoms with van der Waals surface area (Å²) >= 11 is 1.16. The Balaban J connectivity index is 1.77. The maximum absolute atomic E-state index is 14.4. The number of benzene rings is 2. The number of rotatable bonds is 8. The van der Waals surface area contributed by atoms with Crippen LogP contribution in [-0.2, 0) is 15.7 Å². The van der Waals surface area contributed by atoms with Crippen molar-refractivity contribution in [1.29, 1.82) is 0 Å². The van der Waals surface area contributed by atoms with Crippen molar-refractivity contribution in [3.05, 3.63) is 63.9 Å². The number of thiazole rings is 1. The Morgan fingerprint density at radius 1 is 1.11 bits per heavy atom. The molecule has 0 aliphatic rings. The van der Waals surface area contributed by atoms with Crippen molar-refractivity contribution < 1.29 is 36.6 Å². The van der Waals surface area contributed by atoms with Crippen LogP contribution in [0.15, 0.2) is 36.4 Å². The zero-order valence-corrected chi connectivity index (χ0v) is 21.6. The van der Waals surface area contributed by atoms with E-state index in [1.807, 2.05) is 6.92 Å². The summed E-state index contributed by atoms with van der Waals surface area (Å²) in [5.74, 6) is -0.423. The monoisotopic (exact) mass is 525 g/mol. The van der Waals surface area contributed by atoms with Gasteiger partial charge in [-0.3, -0.25) is 0 Å². The molecule has 36 heavy (non-hydrogen) atoms. The number of aryl methyl sites for hydroxylation is 2. The van der Waals surface area contributed by atoms with Crippen LogP contribution in [0.4, 0.5) is 17.6 Å².